The summed E-state index contributed by atoms with van der Waals surface area (Å²) in [6.45, 7) is 12.6. The highest BCUT2D eigenvalue weighted by atomic mass is 16.2. The first-order chi connectivity index (χ1) is 17.0. The van der Waals surface area contributed by atoms with Crippen LogP contribution in [0.3, 0.4) is 0 Å². The van der Waals surface area contributed by atoms with E-state index >= 15 is 0 Å². The molecular weight excluding hydrogens is 440 g/mol. The first-order valence-corrected chi connectivity index (χ1v) is 14.7. The van der Waals surface area contributed by atoms with Gasteiger partial charge in [0.15, 0.2) is 0 Å². The molecular formula is C27H50N6O2+2. The third-order valence-corrected chi connectivity index (χ3v) is 10.1. The zero-order valence-corrected chi connectivity index (χ0v) is 22.0. The fourth-order valence-electron chi connectivity index (χ4n) is 7.83. The Morgan fingerprint density at radius 3 is 2.46 bits per heavy atom. The number of carbonyl (C=O) groups is 2. The van der Waals surface area contributed by atoms with Crippen molar-refractivity contribution < 1.29 is 19.8 Å². The van der Waals surface area contributed by atoms with Crippen molar-refractivity contribution in [3.63, 3.8) is 0 Å². The summed E-state index contributed by atoms with van der Waals surface area (Å²) in [5.74, 6) is 2.16. The number of rotatable bonds is 7. The number of urea groups is 1. The molecule has 0 aromatic carbocycles. The van der Waals surface area contributed by atoms with E-state index < -0.39 is 0 Å². The maximum absolute atomic E-state index is 12.5. The number of Topliss-reactive ketones (excluding diaryl/α,β-unsaturated/α-hetero) is 1. The van der Waals surface area contributed by atoms with E-state index in [1.807, 2.05) is 0 Å². The van der Waals surface area contributed by atoms with Crippen LogP contribution in [0.2, 0.25) is 0 Å². The minimum Gasteiger partial charge on any atom is -0.335 e. The van der Waals surface area contributed by atoms with Gasteiger partial charge in [-0.15, -0.1) is 0 Å². The van der Waals surface area contributed by atoms with Crippen molar-refractivity contribution in [2.75, 3.05) is 58.9 Å². The summed E-state index contributed by atoms with van der Waals surface area (Å²) in [6, 6.07) is 0.785. The molecule has 0 aromatic rings. The number of carbonyl (C=O) groups excluding carboxylic acids is 2. The summed E-state index contributed by atoms with van der Waals surface area (Å²) < 4.78 is 0. The lowest BCUT2D eigenvalue weighted by atomic mass is 9.75. The highest BCUT2D eigenvalue weighted by molar-refractivity contribution is 5.78. The standard InChI is InChI=1S/C27H48N6O2/c1-20(34)21-5-7-24(8-6-21)30-27(35)29-17-25-16-22-9-11-33(25)19-23(22)18-31-12-14-32(15-13-31)26-4-2-3-10-28-26/h21-26,28H,2-19H2,1H3,(H2,29,30,35)/p+2/t21?,22-,23+,24?,25+,26?/m1/s1. The van der Waals surface area contributed by atoms with Crippen LogP contribution in [0, 0.1) is 17.8 Å². The van der Waals surface area contributed by atoms with E-state index in [0.717, 1.165) is 50.2 Å². The molecule has 0 spiro atoms. The molecule has 0 radical (unpaired) electrons. The Balaban J connectivity index is 0.997. The first kappa shape index (κ1) is 25.4. The zero-order chi connectivity index (χ0) is 24.2. The van der Waals surface area contributed by atoms with E-state index in [1.54, 1.807) is 11.8 Å². The van der Waals surface area contributed by atoms with Crippen LogP contribution in [0.25, 0.3) is 0 Å². The fraction of sp³-hybridized carbons (Fsp3) is 0.926. The van der Waals surface area contributed by atoms with Crippen LogP contribution in [-0.4, -0.2) is 98.8 Å². The lowest BCUT2D eigenvalue weighted by Gasteiger charge is -2.49. The van der Waals surface area contributed by atoms with Crippen molar-refractivity contribution in [2.24, 2.45) is 17.8 Å². The third kappa shape index (κ3) is 6.56. The molecule has 2 bridgehead atoms. The number of hydrogen-bond donors (Lipinski definition) is 4. The van der Waals surface area contributed by atoms with Gasteiger partial charge in [-0.3, -0.25) is 9.69 Å². The normalized spacial score (nSPS) is 38.7. The number of ketones is 1. The minimum absolute atomic E-state index is 0.0112. The van der Waals surface area contributed by atoms with Gasteiger partial charge in [-0.2, -0.15) is 0 Å². The lowest BCUT2D eigenvalue weighted by molar-refractivity contribution is -0.945. The van der Waals surface area contributed by atoms with Crippen LogP contribution >= 0.6 is 0 Å². The van der Waals surface area contributed by atoms with Gasteiger partial charge in [0.25, 0.3) is 0 Å². The van der Waals surface area contributed by atoms with Crippen molar-refractivity contribution in [3.8, 4) is 0 Å². The average molecular weight is 491 g/mol. The SMILES string of the molecule is CC(=O)C1CCC(NC(=O)NC[C@@H]2C[C@H]3CC[NH+]2C[C@@H]3CN2CCN(C3CCCC[NH2+]3)CC2)CC1. The number of quaternary nitrogens is 2. The number of piperidine rings is 4. The number of nitrogens with two attached hydrogens (primary N) is 1. The second kappa shape index (κ2) is 11.9. The third-order valence-electron chi connectivity index (χ3n) is 10.1. The van der Waals surface area contributed by atoms with Crippen molar-refractivity contribution in [3.05, 3.63) is 0 Å². The predicted molar refractivity (Wildman–Crippen MR) is 136 cm³/mol. The number of nitrogens with one attached hydrogen (secondary N) is 3. The summed E-state index contributed by atoms with van der Waals surface area (Å²) in [4.78, 5) is 31.3. The van der Waals surface area contributed by atoms with Gasteiger partial charge < -0.3 is 25.8 Å². The summed E-state index contributed by atoms with van der Waals surface area (Å²) >= 11 is 0. The molecule has 6 aliphatic rings. The summed E-state index contributed by atoms with van der Waals surface area (Å²) in [6.07, 6.45) is 11.2. The van der Waals surface area contributed by atoms with E-state index in [9.17, 15) is 9.59 Å². The van der Waals surface area contributed by atoms with E-state index in [-0.39, 0.29) is 18.0 Å². The Hall–Kier alpha value is -1.22. The second-order valence-corrected chi connectivity index (χ2v) is 12.3. The molecule has 198 valence electrons. The maximum atomic E-state index is 12.5. The quantitative estimate of drug-likeness (QED) is 0.385. The maximum Gasteiger partial charge on any atom is 0.315 e. The van der Waals surface area contributed by atoms with Crippen LogP contribution in [0.5, 0.6) is 0 Å². The Bertz CT molecular complexity index is 712. The number of fused-ring (bicyclic) bond motifs is 3. The highest BCUT2D eigenvalue weighted by Gasteiger charge is 2.44. The van der Waals surface area contributed by atoms with Gasteiger partial charge in [0.05, 0.1) is 26.2 Å². The molecule has 8 nitrogen and oxygen atoms in total. The van der Waals surface area contributed by atoms with Crippen molar-refractivity contribution in [1.82, 2.24) is 20.4 Å². The first-order valence-electron chi connectivity index (χ1n) is 14.7. The molecule has 1 aliphatic carbocycles. The highest BCUT2D eigenvalue weighted by Crippen LogP contribution is 2.28. The van der Waals surface area contributed by atoms with Crippen LogP contribution < -0.4 is 20.9 Å². The van der Waals surface area contributed by atoms with Gasteiger partial charge >= 0.3 is 6.03 Å². The van der Waals surface area contributed by atoms with Gasteiger partial charge in [-0.25, -0.2) is 4.79 Å². The smallest absolute Gasteiger partial charge is 0.315 e. The molecule has 1 saturated carbocycles. The largest absolute Gasteiger partial charge is 0.335 e. The van der Waals surface area contributed by atoms with Gasteiger partial charge in [-0.05, 0) is 51.4 Å². The number of piperazine rings is 1. The van der Waals surface area contributed by atoms with Crippen molar-refractivity contribution >= 4 is 11.8 Å². The van der Waals surface area contributed by atoms with E-state index in [2.05, 4.69) is 25.8 Å². The Morgan fingerprint density at radius 1 is 1.00 bits per heavy atom. The van der Waals surface area contributed by atoms with Crippen LogP contribution in [0.15, 0.2) is 0 Å². The Labute approximate surface area is 211 Å². The monoisotopic (exact) mass is 490 g/mol. The molecule has 35 heavy (non-hydrogen) atoms. The topological polar surface area (TPSA) is 85.7 Å². The molecule has 6 rings (SSSR count). The summed E-state index contributed by atoms with van der Waals surface area (Å²) in [7, 11) is 0. The molecule has 2 unspecified atom stereocenters. The van der Waals surface area contributed by atoms with Crippen LogP contribution in [0.1, 0.15) is 64.7 Å². The van der Waals surface area contributed by atoms with Crippen molar-refractivity contribution in [2.45, 2.75) is 83.0 Å². The summed E-state index contributed by atoms with van der Waals surface area (Å²) in [5, 5.41) is 8.94. The van der Waals surface area contributed by atoms with Crippen LogP contribution in [-0.2, 0) is 4.79 Å². The van der Waals surface area contributed by atoms with E-state index in [0.29, 0.717) is 11.8 Å². The summed E-state index contributed by atoms with van der Waals surface area (Å²) in [5.41, 5.74) is 0. The van der Waals surface area contributed by atoms with Gasteiger partial charge in [-0.1, -0.05) is 0 Å². The second-order valence-electron chi connectivity index (χ2n) is 12.3. The molecule has 6 fully saturated rings. The number of nitrogens with zero attached hydrogens (tertiary/aromatic N) is 2. The number of amides is 2. The minimum atomic E-state index is -0.0112. The molecule has 5 saturated heterocycles. The molecule has 2 amide bonds. The Kier molecular flexibility index (Phi) is 8.64. The average Bonchev–Trinajstić information content (AvgIpc) is 2.89. The zero-order valence-electron chi connectivity index (χ0n) is 22.0. The molecule has 0 aromatic heterocycles. The molecule has 5 aliphatic heterocycles. The van der Waals surface area contributed by atoms with E-state index in [4.69, 9.17) is 0 Å². The van der Waals surface area contributed by atoms with Gasteiger partial charge in [0.2, 0.25) is 0 Å². The molecule has 5 heterocycles. The Morgan fingerprint density at radius 2 is 1.80 bits per heavy atom. The molecule has 5 atom stereocenters. The van der Waals surface area contributed by atoms with Crippen LogP contribution in [0.4, 0.5) is 4.79 Å². The molecule has 8 heteroatoms. The van der Waals surface area contributed by atoms with Gasteiger partial charge in [0.1, 0.15) is 18.0 Å². The number of hydrogen-bond acceptors (Lipinski definition) is 4. The van der Waals surface area contributed by atoms with Gasteiger partial charge in [0, 0.05) is 69.9 Å². The van der Waals surface area contributed by atoms with Crippen molar-refractivity contribution in [1.29, 1.82) is 0 Å². The predicted octanol–water partition coefficient (Wildman–Crippen LogP) is -0.582. The fourth-order valence-corrected chi connectivity index (χ4v) is 7.83. The molecule has 5 N–H and O–H groups in total. The van der Waals surface area contributed by atoms with E-state index in [1.165, 1.54) is 84.5 Å². The lowest BCUT2D eigenvalue weighted by Crippen LogP contribution is -3.20.